The van der Waals surface area contributed by atoms with Gasteiger partial charge in [-0.15, -0.1) is 0 Å². The minimum atomic E-state index is 0.298. The maximum Gasteiger partial charge on any atom is 0.0601 e. The van der Waals surface area contributed by atoms with Crippen LogP contribution in [0, 0.1) is 5.92 Å². The highest BCUT2D eigenvalue weighted by atomic mass is 16.5. The molecule has 1 saturated heterocycles. The fourth-order valence-corrected chi connectivity index (χ4v) is 1.65. The first-order chi connectivity index (χ1) is 5.34. The van der Waals surface area contributed by atoms with Crippen LogP contribution in [-0.2, 0) is 4.74 Å². The molecule has 0 aromatic heterocycles. The molecule has 11 heavy (non-hydrogen) atoms. The van der Waals surface area contributed by atoms with E-state index in [1.165, 1.54) is 12.8 Å². The van der Waals surface area contributed by atoms with Crippen molar-refractivity contribution in [2.45, 2.75) is 38.7 Å². The van der Waals surface area contributed by atoms with E-state index in [4.69, 9.17) is 9.84 Å². The second-order valence-corrected chi connectivity index (χ2v) is 3.39. The number of hydrogen-bond donors (Lipinski definition) is 1. The Labute approximate surface area is 68.6 Å². The molecule has 1 fully saturated rings. The number of aliphatic hydroxyl groups excluding tert-OH is 1. The van der Waals surface area contributed by atoms with Gasteiger partial charge in [-0.3, -0.25) is 0 Å². The Balaban J connectivity index is 2.18. The van der Waals surface area contributed by atoms with Crippen molar-refractivity contribution in [3.8, 4) is 0 Å². The summed E-state index contributed by atoms with van der Waals surface area (Å²) in [6.07, 6.45) is 4.82. The maximum atomic E-state index is 8.63. The summed E-state index contributed by atoms with van der Waals surface area (Å²) < 4.78 is 5.58. The Morgan fingerprint density at radius 2 is 2.36 bits per heavy atom. The maximum absolute atomic E-state index is 8.63. The monoisotopic (exact) mass is 158 g/mol. The predicted octanol–water partition coefficient (Wildman–Crippen LogP) is 1.57. The molecule has 1 N–H and O–H groups in total. The molecule has 0 amide bonds. The third kappa shape index (κ3) is 2.80. The Bertz CT molecular complexity index is 104. The van der Waals surface area contributed by atoms with E-state index < -0.39 is 0 Å². The van der Waals surface area contributed by atoms with E-state index in [2.05, 4.69) is 6.92 Å². The lowest BCUT2D eigenvalue weighted by molar-refractivity contribution is -0.0274. The van der Waals surface area contributed by atoms with E-state index in [9.17, 15) is 0 Å². The summed E-state index contributed by atoms with van der Waals surface area (Å²) in [5.74, 6) is 0.690. The molecule has 0 spiro atoms. The van der Waals surface area contributed by atoms with Gasteiger partial charge in [0.15, 0.2) is 0 Å². The molecule has 0 radical (unpaired) electrons. The van der Waals surface area contributed by atoms with Gasteiger partial charge in [-0.25, -0.2) is 0 Å². The van der Waals surface area contributed by atoms with Crippen molar-refractivity contribution in [3.63, 3.8) is 0 Å². The third-order valence-electron chi connectivity index (χ3n) is 2.42. The molecule has 1 aliphatic rings. The van der Waals surface area contributed by atoms with Gasteiger partial charge in [0.05, 0.1) is 6.10 Å². The van der Waals surface area contributed by atoms with Crippen molar-refractivity contribution >= 4 is 0 Å². The van der Waals surface area contributed by atoms with Gasteiger partial charge in [0.2, 0.25) is 0 Å². The van der Waals surface area contributed by atoms with Crippen LogP contribution < -0.4 is 0 Å². The van der Waals surface area contributed by atoms with Gasteiger partial charge in [0, 0.05) is 13.2 Å². The van der Waals surface area contributed by atoms with E-state index in [0.29, 0.717) is 18.6 Å². The zero-order valence-corrected chi connectivity index (χ0v) is 7.25. The summed E-state index contributed by atoms with van der Waals surface area (Å²) in [6, 6.07) is 0. The molecular weight excluding hydrogens is 140 g/mol. The lowest BCUT2D eigenvalue weighted by Crippen LogP contribution is -2.27. The molecule has 0 aliphatic carbocycles. The van der Waals surface area contributed by atoms with E-state index in [1.54, 1.807) is 0 Å². The van der Waals surface area contributed by atoms with Gasteiger partial charge in [-0.1, -0.05) is 6.92 Å². The van der Waals surface area contributed by atoms with E-state index in [0.717, 1.165) is 19.4 Å². The minimum Gasteiger partial charge on any atom is -0.396 e. The molecule has 0 saturated carbocycles. The zero-order chi connectivity index (χ0) is 8.10. The van der Waals surface area contributed by atoms with Crippen LogP contribution >= 0.6 is 0 Å². The van der Waals surface area contributed by atoms with E-state index in [-0.39, 0.29) is 0 Å². The summed E-state index contributed by atoms with van der Waals surface area (Å²) in [5, 5.41) is 8.63. The third-order valence-corrected chi connectivity index (χ3v) is 2.42. The van der Waals surface area contributed by atoms with Crippen LogP contribution in [0.4, 0.5) is 0 Å². The molecule has 1 aliphatic heterocycles. The highest BCUT2D eigenvalue weighted by Gasteiger charge is 2.20. The second kappa shape index (κ2) is 4.73. The van der Waals surface area contributed by atoms with Crippen molar-refractivity contribution in [2.75, 3.05) is 13.2 Å². The Morgan fingerprint density at radius 1 is 1.55 bits per heavy atom. The molecule has 66 valence electrons. The van der Waals surface area contributed by atoms with Crippen LogP contribution in [0.15, 0.2) is 0 Å². The van der Waals surface area contributed by atoms with Crippen LogP contribution in [0.1, 0.15) is 32.6 Å². The van der Waals surface area contributed by atoms with Crippen LogP contribution in [0.3, 0.4) is 0 Å². The van der Waals surface area contributed by atoms with Gasteiger partial charge >= 0.3 is 0 Å². The molecule has 2 unspecified atom stereocenters. The summed E-state index contributed by atoms with van der Waals surface area (Å²) >= 11 is 0. The highest BCUT2D eigenvalue weighted by Crippen LogP contribution is 2.23. The molecule has 1 rings (SSSR count). The van der Waals surface area contributed by atoms with Crippen LogP contribution in [0.2, 0.25) is 0 Å². The lowest BCUT2D eigenvalue weighted by Gasteiger charge is -2.28. The molecule has 0 aromatic carbocycles. The molecule has 0 bridgehead atoms. The standard InChI is InChI=1S/C9H18O2/c1-8-4-3-7-11-9(8)5-2-6-10/h8-10H,2-7H2,1H3. The average molecular weight is 158 g/mol. The quantitative estimate of drug-likeness (QED) is 0.675. The minimum absolute atomic E-state index is 0.298. The summed E-state index contributed by atoms with van der Waals surface area (Å²) in [4.78, 5) is 0. The van der Waals surface area contributed by atoms with E-state index in [1.807, 2.05) is 0 Å². The van der Waals surface area contributed by atoms with Gasteiger partial charge in [-0.05, 0) is 31.6 Å². The van der Waals surface area contributed by atoms with Gasteiger partial charge in [-0.2, -0.15) is 0 Å². The van der Waals surface area contributed by atoms with Crippen molar-refractivity contribution < 1.29 is 9.84 Å². The van der Waals surface area contributed by atoms with E-state index >= 15 is 0 Å². The Morgan fingerprint density at radius 3 is 3.00 bits per heavy atom. The van der Waals surface area contributed by atoms with Crippen LogP contribution in [0.5, 0.6) is 0 Å². The Kier molecular flexibility index (Phi) is 3.87. The highest BCUT2D eigenvalue weighted by molar-refractivity contribution is 4.70. The van der Waals surface area contributed by atoms with Crippen molar-refractivity contribution in [1.82, 2.24) is 0 Å². The first-order valence-electron chi connectivity index (χ1n) is 4.57. The molecule has 2 nitrogen and oxygen atoms in total. The first kappa shape index (κ1) is 9.01. The number of ether oxygens (including phenoxy) is 1. The van der Waals surface area contributed by atoms with Crippen molar-refractivity contribution in [1.29, 1.82) is 0 Å². The fraction of sp³-hybridized carbons (Fsp3) is 1.00. The van der Waals surface area contributed by atoms with Gasteiger partial charge < -0.3 is 9.84 Å². The fourth-order valence-electron chi connectivity index (χ4n) is 1.65. The zero-order valence-electron chi connectivity index (χ0n) is 7.25. The van der Waals surface area contributed by atoms with Crippen molar-refractivity contribution in [3.05, 3.63) is 0 Å². The molecule has 1 heterocycles. The summed E-state index contributed by atoms with van der Waals surface area (Å²) in [7, 11) is 0. The molecule has 0 aromatic rings. The predicted molar refractivity (Wildman–Crippen MR) is 44.5 cm³/mol. The number of rotatable bonds is 3. The topological polar surface area (TPSA) is 29.5 Å². The summed E-state index contributed by atoms with van der Waals surface area (Å²) in [6.45, 7) is 3.45. The SMILES string of the molecule is CC1CCCOC1CCCO. The Hall–Kier alpha value is -0.0800. The molecule has 2 atom stereocenters. The molecular formula is C9H18O2. The van der Waals surface area contributed by atoms with Crippen molar-refractivity contribution in [2.24, 2.45) is 5.92 Å². The van der Waals surface area contributed by atoms with Gasteiger partial charge in [0.1, 0.15) is 0 Å². The second-order valence-electron chi connectivity index (χ2n) is 3.39. The number of aliphatic hydroxyl groups is 1. The smallest absolute Gasteiger partial charge is 0.0601 e. The number of hydrogen-bond acceptors (Lipinski definition) is 2. The normalized spacial score (nSPS) is 32.2. The largest absolute Gasteiger partial charge is 0.396 e. The van der Waals surface area contributed by atoms with Crippen LogP contribution in [0.25, 0.3) is 0 Å². The first-order valence-corrected chi connectivity index (χ1v) is 4.57. The lowest BCUT2D eigenvalue weighted by atomic mass is 9.93. The van der Waals surface area contributed by atoms with Crippen LogP contribution in [-0.4, -0.2) is 24.4 Å². The summed E-state index contributed by atoms with van der Waals surface area (Å²) in [5.41, 5.74) is 0. The molecule has 2 heteroatoms. The van der Waals surface area contributed by atoms with Gasteiger partial charge in [0.25, 0.3) is 0 Å². The average Bonchev–Trinajstić information content (AvgIpc) is 2.03.